The standard InChI is InChI=1S/C13H19N3O4S/c14-21(18,19)16-8-4-7-12(9-16)15-13(17)20-10-11-5-2-1-3-6-11/h1-3,5-6,12H,4,7-10H2,(H,15,17)(H2,14,18,19). The summed E-state index contributed by atoms with van der Waals surface area (Å²) in [6, 6.07) is 9.05. The highest BCUT2D eigenvalue weighted by molar-refractivity contribution is 7.86. The van der Waals surface area contributed by atoms with Gasteiger partial charge < -0.3 is 10.1 Å². The topological polar surface area (TPSA) is 102 Å². The monoisotopic (exact) mass is 313 g/mol. The Labute approximate surface area is 124 Å². The number of hydrogen-bond donors (Lipinski definition) is 2. The Morgan fingerprint density at radius 3 is 2.76 bits per heavy atom. The number of carbonyl (C=O) groups excluding carboxylic acids is 1. The molecule has 0 aliphatic carbocycles. The van der Waals surface area contributed by atoms with Crippen LogP contribution in [0.2, 0.25) is 0 Å². The van der Waals surface area contributed by atoms with Gasteiger partial charge in [0, 0.05) is 19.1 Å². The fraction of sp³-hybridized carbons (Fsp3) is 0.462. The molecule has 116 valence electrons. The van der Waals surface area contributed by atoms with Gasteiger partial charge in [-0.1, -0.05) is 30.3 Å². The maximum absolute atomic E-state index is 11.7. The van der Waals surface area contributed by atoms with E-state index in [1.807, 2.05) is 30.3 Å². The minimum Gasteiger partial charge on any atom is -0.445 e. The molecule has 0 saturated carbocycles. The van der Waals surface area contributed by atoms with Gasteiger partial charge in [0.2, 0.25) is 0 Å². The number of nitrogens with one attached hydrogen (secondary N) is 1. The highest BCUT2D eigenvalue weighted by atomic mass is 32.2. The first-order chi connectivity index (χ1) is 9.95. The maximum atomic E-state index is 11.7. The number of amides is 1. The molecule has 1 atom stereocenters. The van der Waals surface area contributed by atoms with Gasteiger partial charge in [0.05, 0.1) is 0 Å². The van der Waals surface area contributed by atoms with Gasteiger partial charge in [0.1, 0.15) is 6.61 Å². The predicted octanol–water partition coefficient (Wildman–Crippen LogP) is 0.581. The molecule has 0 aromatic heterocycles. The minimum absolute atomic E-state index is 0.179. The number of rotatable bonds is 4. The summed E-state index contributed by atoms with van der Waals surface area (Å²) in [5.74, 6) is 0. The number of ether oxygens (including phenoxy) is 1. The van der Waals surface area contributed by atoms with Crippen molar-refractivity contribution in [1.29, 1.82) is 0 Å². The van der Waals surface area contributed by atoms with Crippen LogP contribution in [0.3, 0.4) is 0 Å². The molecule has 8 heteroatoms. The number of nitrogens with zero attached hydrogens (tertiary/aromatic N) is 1. The van der Waals surface area contributed by atoms with Crippen molar-refractivity contribution in [3.05, 3.63) is 35.9 Å². The Bertz CT molecular complexity index is 576. The van der Waals surface area contributed by atoms with Gasteiger partial charge >= 0.3 is 6.09 Å². The molecular formula is C13H19N3O4S. The number of carbonyl (C=O) groups is 1. The van der Waals surface area contributed by atoms with Gasteiger partial charge in [0.15, 0.2) is 0 Å². The normalized spacial score (nSPS) is 20.0. The first kappa shape index (κ1) is 15.7. The molecule has 1 unspecified atom stereocenters. The molecule has 7 nitrogen and oxygen atoms in total. The predicted molar refractivity (Wildman–Crippen MR) is 77.5 cm³/mol. The van der Waals surface area contributed by atoms with E-state index in [0.29, 0.717) is 19.4 Å². The highest BCUT2D eigenvalue weighted by Gasteiger charge is 2.27. The Balaban J connectivity index is 1.80. The molecule has 21 heavy (non-hydrogen) atoms. The van der Waals surface area contributed by atoms with E-state index in [2.05, 4.69) is 5.32 Å². The Kier molecular flexibility index (Phi) is 5.16. The second-order valence-electron chi connectivity index (χ2n) is 4.95. The Morgan fingerprint density at radius 1 is 1.38 bits per heavy atom. The van der Waals surface area contributed by atoms with Crippen LogP contribution in [0.4, 0.5) is 4.79 Å². The zero-order valence-electron chi connectivity index (χ0n) is 11.6. The van der Waals surface area contributed by atoms with Gasteiger partial charge in [-0.25, -0.2) is 9.93 Å². The van der Waals surface area contributed by atoms with Crippen LogP contribution < -0.4 is 10.5 Å². The Morgan fingerprint density at radius 2 is 2.10 bits per heavy atom. The van der Waals surface area contributed by atoms with Crippen LogP contribution in [0.5, 0.6) is 0 Å². The molecule has 1 saturated heterocycles. The first-order valence-electron chi connectivity index (χ1n) is 6.70. The molecule has 0 bridgehead atoms. The second kappa shape index (κ2) is 6.88. The van der Waals surface area contributed by atoms with Crippen LogP contribution in [0.15, 0.2) is 30.3 Å². The molecule has 1 fully saturated rings. The molecule has 1 aliphatic rings. The first-order valence-corrected chi connectivity index (χ1v) is 8.20. The van der Waals surface area contributed by atoms with Crippen molar-refractivity contribution in [2.75, 3.05) is 13.1 Å². The van der Waals surface area contributed by atoms with E-state index < -0.39 is 16.3 Å². The summed E-state index contributed by atoms with van der Waals surface area (Å²) >= 11 is 0. The third-order valence-corrected chi connectivity index (χ3v) is 4.33. The van der Waals surface area contributed by atoms with E-state index >= 15 is 0 Å². The summed E-state index contributed by atoms with van der Waals surface area (Å²) in [6.07, 6.45) is 0.798. The minimum atomic E-state index is -3.71. The van der Waals surface area contributed by atoms with Gasteiger partial charge in [0.25, 0.3) is 10.2 Å². The summed E-state index contributed by atoms with van der Waals surface area (Å²) in [5, 5.41) is 7.76. The highest BCUT2D eigenvalue weighted by Crippen LogP contribution is 2.12. The quantitative estimate of drug-likeness (QED) is 0.849. The zero-order valence-corrected chi connectivity index (χ0v) is 12.4. The van der Waals surface area contributed by atoms with E-state index in [1.165, 1.54) is 4.31 Å². The molecule has 1 aromatic carbocycles. The molecular weight excluding hydrogens is 294 g/mol. The molecule has 1 amide bonds. The van der Waals surface area contributed by atoms with Gasteiger partial charge in [-0.2, -0.15) is 12.7 Å². The van der Waals surface area contributed by atoms with Crippen LogP contribution in [0.25, 0.3) is 0 Å². The van der Waals surface area contributed by atoms with Crippen molar-refractivity contribution < 1.29 is 17.9 Å². The smallest absolute Gasteiger partial charge is 0.407 e. The fourth-order valence-corrected chi connectivity index (χ4v) is 2.99. The molecule has 1 heterocycles. The van der Waals surface area contributed by atoms with E-state index in [1.54, 1.807) is 0 Å². The van der Waals surface area contributed by atoms with E-state index in [4.69, 9.17) is 9.88 Å². The summed E-state index contributed by atoms with van der Waals surface area (Å²) in [5.41, 5.74) is 0.891. The maximum Gasteiger partial charge on any atom is 0.407 e. The third kappa shape index (κ3) is 5.00. The largest absolute Gasteiger partial charge is 0.445 e. The lowest BCUT2D eigenvalue weighted by Crippen LogP contribution is -2.51. The number of nitrogens with two attached hydrogens (primary N) is 1. The average molecular weight is 313 g/mol. The summed E-state index contributed by atoms with van der Waals surface area (Å²) < 4.78 is 28.8. The zero-order chi connectivity index (χ0) is 15.3. The van der Waals surface area contributed by atoms with Crippen molar-refractivity contribution in [3.8, 4) is 0 Å². The van der Waals surface area contributed by atoms with E-state index in [-0.39, 0.29) is 19.2 Å². The van der Waals surface area contributed by atoms with Crippen LogP contribution in [0, 0.1) is 0 Å². The van der Waals surface area contributed by atoms with Gasteiger partial charge in [-0.3, -0.25) is 0 Å². The molecule has 1 aromatic rings. The van der Waals surface area contributed by atoms with Crippen LogP contribution >= 0.6 is 0 Å². The summed E-state index contributed by atoms with van der Waals surface area (Å²) in [7, 11) is -3.71. The van der Waals surface area contributed by atoms with Gasteiger partial charge in [-0.05, 0) is 18.4 Å². The number of hydrogen-bond acceptors (Lipinski definition) is 4. The van der Waals surface area contributed by atoms with Gasteiger partial charge in [-0.15, -0.1) is 0 Å². The van der Waals surface area contributed by atoms with Crippen LogP contribution in [0.1, 0.15) is 18.4 Å². The Hall–Kier alpha value is -1.64. The molecule has 0 spiro atoms. The summed E-state index contributed by atoms with van der Waals surface area (Å²) in [6.45, 7) is 0.744. The molecule has 3 N–H and O–H groups in total. The van der Waals surface area contributed by atoms with E-state index in [9.17, 15) is 13.2 Å². The summed E-state index contributed by atoms with van der Waals surface area (Å²) in [4.78, 5) is 11.7. The third-order valence-electron chi connectivity index (χ3n) is 3.28. The van der Waals surface area contributed by atoms with Crippen LogP contribution in [-0.2, 0) is 21.6 Å². The van der Waals surface area contributed by atoms with Crippen molar-refractivity contribution in [2.45, 2.75) is 25.5 Å². The lowest BCUT2D eigenvalue weighted by molar-refractivity contribution is 0.131. The number of piperidine rings is 1. The van der Waals surface area contributed by atoms with Crippen molar-refractivity contribution in [2.24, 2.45) is 5.14 Å². The van der Waals surface area contributed by atoms with E-state index in [0.717, 1.165) is 5.56 Å². The van der Waals surface area contributed by atoms with Crippen molar-refractivity contribution in [3.63, 3.8) is 0 Å². The number of alkyl carbamates (subject to hydrolysis) is 1. The molecule has 1 aliphatic heterocycles. The van der Waals surface area contributed by atoms with Crippen molar-refractivity contribution in [1.82, 2.24) is 9.62 Å². The molecule has 2 rings (SSSR count). The lowest BCUT2D eigenvalue weighted by Gasteiger charge is -2.30. The SMILES string of the molecule is NS(=O)(=O)N1CCCC(NC(=O)OCc2ccccc2)C1. The lowest BCUT2D eigenvalue weighted by atomic mass is 10.1. The second-order valence-corrected chi connectivity index (χ2v) is 6.49. The van der Waals surface area contributed by atoms with Crippen LogP contribution in [-0.4, -0.2) is 37.9 Å². The number of benzene rings is 1. The van der Waals surface area contributed by atoms with Crippen molar-refractivity contribution >= 4 is 16.3 Å². The fourth-order valence-electron chi connectivity index (χ4n) is 2.22. The average Bonchev–Trinajstić information content (AvgIpc) is 2.46. The molecule has 0 radical (unpaired) electrons.